The first-order chi connectivity index (χ1) is 15.3. The number of nitrogens with one attached hydrogen (secondary N) is 1. The maximum Gasteiger partial charge on any atom is 0.223 e. The SMILES string of the molecule is C[C@@H](NC(=O)C1CCN(S(=O)(=O)Cc2ccc(F)cc2)CC1)c1ccc2c(c1)OCCO2. The minimum atomic E-state index is -3.52. The number of rotatable bonds is 6. The van der Waals surface area contributed by atoms with E-state index in [4.69, 9.17) is 9.47 Å². The van der Waals surface area contributed by atoms with Crippen LogP contribution in [0.3, 0.4) is 0 Å². The van der Waals surface area contributed by atoms with E-state index in [1.165, 1.54) is 28.6 Å². The molecule has 2 aliphatic heterocycles. The highest BCUT2D eigenvalue weighted by Gasteiger charge is 2.31. The van der Waals surface area contributed by atoms with Gasteiger partial charge in [-0.05, 0) is 55.2 Å². The molecule has 0 radical (unpaired) electrons. The molecule has 9 heteroatoms. The van der Waals surface area contributed by atoms with Gasteiger partial charge in [0.25, 0.3) is 0 Å². The summed E-state index contributed by atoms with van der Waals surface area (Å²) in [4.78, 5) is 12.8. The molecular formula is C23H27FN2O5S. The first-order valence-corrected chi connectivity index (χ1v) is 12.3. The number of hydrogen-bond acceptors (Lipinski definition) is 5. The average molecular weight is 463 g/mol. The third-order valence-electron chi connectivity index (χ3n) is 5.91. The molecule has 0 spiro atoms. The predicted molar refractivity (Wildman–Crippen MR) is 117 cm³/mol. The number of benzene rings is 2. The summed E-state index contributed by atoms with van der Waals surface area (Å²) >= 11 is 0. The van der Waals surface area contributed by atoms with Gasteiger partial charge in [-0.2, -0.15) is 0 Å². The van der Waals surface area contributed by atoms with Gasteiger partial charge in [-0.1, -0.05) is 18.2 Å². The molecule has 2 heterocycles. The zero-order valence-corrected chi connectivity index (χ0v) is 18.7. The molecule has 0 unspecified atom stereocenters. The van der Waals surface area contributed by atoms with Crippen molar-refractivity contribution in [2.24, 2.45) is 5.92 Å². The zero-order chi connectivity index (χ0) is 22.7. The fraction of sp³-hybridized carbons (Fsp3) is 0.435. The summed E-state index contributed by atoms with van der Waals surface area (Å²) in [6.45, 7) is 3.52. The minimum Gasteiger partial charge on any atom is -0.486 e. The Hall–Kier alpha value is -2.65. The fourth-order valence-electron chi connectivity index (χ4n) is 4.02. The summed E-state index contributed by atoms with van der Waals surface area (Å²) < 4.78 is 51.0. The van der Waals surface area contributed by atoms with Crippen LogP contribution in [0.25, 0.3) is 0 Å². The lowest BCUT2D eigenvalue weighted by atomic mass is 9.96. The third kappa shape index (κ3) is 5.21. The van der Waals surface area contributed by atoms with Gasteiger partial charge < -0.3 is 14.8 Å². The van der Waals surface area contributed by atoms with Gasteiger partial charge in [-0.25, -0.2) is 17.1 Å². The summed E-state index contributed by atoms with van der Waals surface area (Å²) in [6.07, 6.45) is 0.921. The van der Waals surface area contributed by atoms with Gasteiger partial charge in [0.15, 0.2) is 11.5 Å². The summed E-state index contributed by atoms with van der Waals surface area (Å²) in [6, 6.07) is 10.9. The van der Waals surface area contributed by atoms with E-state index in [9.17, 15) is 17.6 Å². The number of piperidine rings is 1. The monoisotopic (exact) mass is 462 g/mol. The number of amides is 1. The largest absolute Gasteiger partial charge is 0.486 e. The van der Waals surface area contributed by atoms with Crippen LogP contribution in [0.1, 0.15) is 36.9 Å². The number of hydrogen-bond donors (Lipinski definition) is 1. The van der Waals surface area contributed by atoms with Crippen molar-refractivity contribution in [3.8, 4) is 11.5 Å². The molecule has 1 amide bonds. The maximum atomic E-state index is 13.1. The van der Waals surface area contributed by atoms with E-state index in [-0.39, 0.29) is 23.6 Å². The molecule has 0 bridgehead atoms. The smallest absolute Gasteiger partial charge is 0.223 e. The summed E-state index contributed by atoms with van der Waals surface area (Å²) in [5.74, 6) is 0.478. The molecule has 1 N–H and O–H groups in total. The van der Waals surface area contributed by atoms with Crippen molar-refractivity contribution in [1.29, 1.82) is 0 Å². The molecule has 1 fully saturated rings. The summed E-state index contributed by atoms with van der Waals surface area (Å²) in [5, 5.41) is 3.03. The predicted octanol–water partition coefficient (Wildman–Crippen LogP) is 3.02. The van der Waals surface area contributed by atoms with E-state index in [1.54, 1.807) is 0 Å². The lowest BCUT2D eigenvalue weighted by molar-refractivity contribution is -0.126. The molecule has 0 aromatic heterocycles. The second-order valence-electron chi connectivity index (χ2n) is 8.19. The molecule has 2 aromatic rings. The van der Waals surface area contributed by atoms with Crippen LogP contribution < -0.4 is 14.8 Å². The number of carbonyl (C=O) groups is 1. The molecular weight excluding hydrogens is 435 g/mol. The van der Waals surface area contributed by atoms with Crippen molar-refractivity contribution >= 4 is 15.9 Å². The van der Waals surface area contributed by atoms with E-state index in [1.807, 2.05) is 25.1 Å². The van der Waals surface area contributed by atoms with E-state index < -0.39 is 15.8 Å². The normalized spacial score (nSPS) is 18.2. The van der Waals surface area contributed by atoms with Gasteiger partial charge in [0.05, 0.1) is 11.8 Å². The van der Waals surface area contributed by atoms with Gasteiger partial charge in [0.2, 0.25) is 15.9 Å². The van der Waals surface area contributed by atoms with Crippen LogP contribution in [-0.4, -0.2) is 44.9 Å². The van der Waals surface area contributed by atoms with Crippen molar-refractivity contribution in [3.63, 3.8) is 0 Å². The zero-order valence-electron chi connectivity index (χ0n) is 17.9. The molecule has 32 heavy (non-hydrogen) atoms. The molecule has 0 aliphatic carbocycles. The first-order valence-electron chi connectivity index (χ1n) is 10.7. The molecule has 1 atom stereocenters. The average Bonchev–Trinajstić information content (AvgIpc) is 2.80. The maximum absolute atomic E-state index is 13.1. The Morgan fingerprint density at radius 1 is 1.09 bits per heavy atom. The molecule has 4 rings (SSSR count). The van der Waals surface area contributed by atoms with Crippen LogP contribution in [0.5, 0.6) is 11.5 Å². The second kappa shape index (κ2) is 9.46. The van der Waals surface area contributed by atoms with Crippen LogP contribution in [0.4, 0.5) is 4.39 Å². The molecule has 1 saturated heterocycles. The standard InChI is InChI=1S/C23H27FN2O5S/c1-16(19-4-7-21-22(14-19)31-13-12-30-21)25-23(27)18-8-10-26(11-9-18)32(28,29)15-17-2-5-20(24)6-3-17/h2-7,14,16,18H,8-13,15H2,1H3,(H,25,27)/t16-/m1/s1. The van der Waals surface area contributed by atoms with Gasteiger partial charge in [-0.15, -0.1) is 0 Å². The van der Waals surface area contributed by atoms with Gasteiger partial charge in [-0.3, -0.25) is 4.79 Å². The van der Waals surface area contributed by atoms with Crippen LogP contribution in [-0.2, 0) is 20.6 Å². The number of carbonyl (C=O) groups excluding carboxylic acids is 1. The van der Waals surface area contributed by atoms with E-state index in [2.05, 4.69) is 5.32 Å². The number of halogens is 1. The Kier molecular flexibility index (Phi) is 6.66. The lowest BCUT2D eigenvalue weighted by Gasteiger charge is -2.31. The second-order valence-corrected chi connectivity index (χ2v) is 10.2. The van der Waals surface area contributed by atoms with Crippen molar-refractivity contribution in [3.05, 3.63) is 59.4 Å². The fourth-order valence-corrected chi connectivity index (χ4v) is 5.59. The van der Waals surface area contributed by atoms with Gasteiger partial charge >= 0.3 is 0 Å². The Labute approximate surface area is 187 Å². The summed E-state index contributed by atoms with van der Waals surface area (Å²) in [5.41, 5.74) is 1.46. The molecule has 172 valence electrons. The highest BCUT2D eigenvalue weighted by atomic mass is 32.2. The number of ether oxygens (including phenoxy) is 2. The van der Waals surface area contributed by atoms with Gasteiger partial charge in [0, 0.05) is 19.0 Å². The number of nitrogens with zero attached hydrogens (tertiary/aromatic N) is 1. The topological polar surface area (TPSA) is 84.9 Å². The number of sulfonamides is 1. The number of fused-ring (bicyclic) bond motifs is 1. The Balaban J connectivity index is 1.30. The van der Waals surface area contributed by atoms with E-state index in [0.717, 1.165) is 5.56 Å². The van der Waals surface area contributed by atoms with Gasteiger partial charge in [0.1, 0.15) is 19.0 Å². The summed E-state index contributed by atoms with van der Waals surface area (Å²) in [7, 11) is -3.52. The molecule has 7 nitrogen and oxygen atoms in total. The highest BCUT2D eigenvalue weighted by Crippen LogP contribution is 2.33. The van der Waals surface area contributed by atoms with Crippen LogP contribution in [0.2, 0.25) is 0 Å². The quantitative estimate of drug-likeness (QED) is 0.713. The lowest BCUT2D eigenvalue weighted by Crippen LogP contribution is -2.43. The van der Waals surface area contributed by atoms with Crippen molar-refractivity contribution in [1.82, 2.24) is 9.62 Å². The third-order valence-corrected chi connectivity index (χ3v) is 7.76. The Morgan fingerprint density at radius 2 is 1.75 bits per heavy atom. The van der Waals surface area contributed by atoms with Crippen molar-refractivity contribution in [2.45, 2.75) is 31.6 Å². The Bertz CT molecular complexity index is 1070. The van der Waals surface area contributed by atoms with Crippen molar-refractivity contribution < 1.29 is 27.1 Å². The molecule has 0 saturated carbocycles. The van der Waals surface area contributed by atoms with E-state index in [0.29, 0.717) is 56.2 Å². The van der Waals surface area contributed by atoms with E-state index >= 15 is 0 Å². The van der Waals surface area contributed by atoms with Crippen molar-refractivity contribution in [2.75, 3.05) is 26.3 Å². The Morgan fingerprint density at radius 3 is 2.44 bits per heavy atom. The minimum absolute atomic E-state index is 0.0806. The van der Waals surface area contributed by atoms with Crippen LogP contribution >= 0.6 is 0 Å². The molecule has 2 aliphatic rings. The highest BCUT2D eigenvalue weighted by molar-refractivity contribution is 7.88. The molecule has 2 aromatic carbocycles. The van der Waals surface area contributed by atoms with Crippen LogP contribution in [0.15, 0.2) is 42.5 Å². The van der Waals surface area contributed by atoms with Crippen LogP contribution in [0, 0.1) is 11.7 Å². The first kappa shape index (κ1) is 22.5.